The van der Waals surface area contributed by atoms with Crippen molar-refractivity contribution in [2.75, 3.05) is 13.7 Å². The van der Waals surface area contributed by atoms with Crippen LogP contribution < -0.4 is 4.74 Å². The number of oxazole rings is 1. The smallest absolute Gasteiger partial charge is 0.226 e. The molecule has 3 heterocycles. The number of likely N-dealkylation sites (tertiary alicyclic amines) is 1. The van der Waals surface area contributed by atoms with E-state index in [1.807, 2.05) is 6.92 Å². The number of methoxy groups -OCH3 is 1. The van der Waals surface area contributed by atoms with Crippen molar-refractivity contribution >= 4 is 11.0 Å². The van der Waals surface area contributed by atoms with Crippen LogP contribution in [0.5, 0.6) is 5.75 Å². The first-order valence-corrected chi connectivity index (χ1v) is 10.7. The van der Waals surface area contributed by atoms with Gasteiger partial charge in [0.25, 0.3) is 0 Å². The molecule has 0 amide bonds. The summed E-state index contributed by atoms with van der Waals surface area (Å²) in [6, 6.07) is 9.25. The van der Waals surface area contributed by atoms with Crippen LogP contribution in [0.4, 0.5) is 8.78 Å². The Kier molecular flexibility index (Phi) is 5.38. The Labute approximate surface area is 184 Å². The fourth-order valence-corrected chi connectivity index (χ4v) is 4.33. The van der Waals surface area contributed by atoms with Crippen LogP contribution in [0.15, 0.2) is 40.8 Å². The molecule has 2 aromatic carbocycles. The van der Waals surface area contributed by atoms with E-state index in [1.165, 1.54) is 25.3 Å². The topological polar surface area (TPSA) is 67.2 Å². The molecule has 0 bridgehead atoms. The summed E-state index contributed by atoms with van der Waals surface area (Å²) in [7, 11) is 1.43. The normalized spacial score (nSPS) is 17.2. The Hall–Kier alpha value is -3.26. The molecule has 0 spiro atoms. The number of ether oxygens (including phenoxy) is 1. The van der Waals surface area contributed by atoms with Crippen molar-refractivity contribution in [3.8, 4) is 17.2 Å². The molecule has 1 fully saturated rings. The van der Waals surface area contributed by atoms with Crippen LogP contribution in [0.1, 0.15) is 42.6 Å². The van der Waals surface area contributed by atoms with Crippen molar-refractivity contribution in [1.82, 2.24) is 19.9 Å². The van der Waals surface area contributed by atoms with E-state index >= 15 is 0 Å². The zero-order chi connectivity index (χ0) is 22.2. The summed E-state index contributed by atoms with van der Waals surface area (Å²) >= 11 is 0. The predicted molar refractivity (Wildman–Crippen MR) is 116 cm³/mol. The van der Waals surface area contributed by atoms with Crippen molar-refractivity contribution < 1.29 is 17.9 Å². The molecule has 0 radical (unpaired) electrons. The van der Waals surface area contributed by atoms with Crippen molar-refractivity contribution in [3.63, 3.8) is 0 Å². The molecule has 8 heteroatoms. The minimum Gasteiger partial charge on any atom is -0.494 e. The molecule has 166 valence electrons. The Bertz CT molecular complexity index is 1270. The minimum absolute atomic E-state index is 0.0877. The van der Waals surface area contributed by atoms with Crippen molar-refractivity contribution in [3.05, 3.63) is 65.3 Å². The molecule has 0 aliphatic carbocycles. The second kappa shape index (κ2) is 8.35. The van der Waals surface area contributed by atoms with Gasteiger partial charge in [0.05, 0.1) is 29.9 Å². The van der Waals surface area contributed by atoms with Crippen LogP contribution in [-0.2, 0) is 6.54 Å². The van der Waals surface area contributed by atoms with Crippen LogP contribution in [0.25, 0.3) is 22.5 Å². The van der Waals surface area contributed by atoms with E-state index in [9.17, 15) is 8.78 Å². The summed E-state index contributed by atoms with van der Waals surface area (Å²) < 4.78 is 38.4. The lowest BCUT2D eigenvalue weighted by atomic mass is 10.0. The number of benzene rings is 2. The maximum atomic E-state index is 13.8. The third-order valence-electron chi connectivity index (χ3n) is 6.04. The van der Waals surface area contributed by atoms with E-state index in [2.05, 4.69) is 9.88 Å². The van der Waals surface area contributed by atoms with Crippen molar-refractivity contribution in [2.24, 2.45) is 0 Å². The third-order valence-corrected chi connectivity index (χ3v) is 6.04. The van der Waals surface area contributed by atoms with Gasteiger partial charge in [-0.25, -0.2) is 18.7 Å². The number of aromatic amines is 1. The number of aromatic nitrogens is 3. The second-order valence-corrected chi connectivity index (χ2v) is 8.14. The molecule has 1 saturated heterocycles. The molecule has 1 N–H and O–H groups in total. The standard InChI is InChI=1S/C24H24F2N4O2/c1-14-20(29-24(32-14)15-6-8-17(26)22(11-15)31-2)13-30-10-4-3-5-21(30)23-27-18-9-7-16(25)12-19(18)28-23/h6-9,11-12,21H,3-5,10,13H2,1-2H3,(H,27,28)/t21-/m0/s1. The van der Waals surface area contributed by atoms with Gasteiger partial charge in [-0.15, -0.1) is 0 Å². The highest BCUT2D eigenvalue weighted by atomic mass is 19.1. The summed E-state index contributed by atoms with van der Waals surface area (Å²) in [5, 5.41) is 0. The highest BCUT2D eigenvalue weighted by Gasteiger charge is 2.28. The van der Waals surface area contributed by atoms with Gasteiger partial charge in [0.2, 0.25) is 5.89 Å². The van der Waals surface area contributed by atoms with Crippen LogP contribution in [0.2, 0.25) is 0 Å². The molecule has 1 aliphatic rings. The van der Waals surface area contributed by atoms with Crippen molar-refractivity contribution in [1.29, 1.82) is 0 Å². The quantitative estimate of drug-likeness (QED) is 0.443. The van der Waals surface area contributed by atoms with E-state index < -0.39 is 5.82 Å². The van der Waals surface area contributed by atoms with Crippen molar-refractivity contribution in [2.45, 2.75) is 38.8 Å². The van der Waals surface area contributed by atoms with Gasteiger partial charge >= 0.3 is 0 Å². The van der Waals surface area contributed by atoms with E-state index in [4.69, 9.17) is 19.1 Å². The summed E-state index contributed by atoms with van der Waals surface area (Å²) in [5.74, 6) is 1.44. The number of piperidine rings is 1. The van der Waals surface area contributed by atoms with Crippen LogP contribution >= 0.6 is 0 Å². The lowest BCUT2D eigenvalue weighted by Gasteiger charge is -2.34. The minimum atomic E-state index is -0.429. The maximum absolute atomic E-state index is 13.8. The first-order valence-electron chi connectivity index (χ1n) is 10.7. The largest absolute Gasteiger partial charge is 0.494 e. The Morgan fingerprint density at radius 3 is 2.88 bits per heavy atom. The fourth-order valence-electron chi connectivity index (χ4n) is 4.33. The monoisotopic (exact) mass is 438 g/mol. The molecule has 2 aromatic heterocycles. The van der Waals surface area contributed by atoms with E-state index in [0.717, 1.165) is 48.6 Å². The average Bonchev–Trinajstić information content (AvgIpc) is 3.37. The Morgan fingerprint density at radius 2 is 2.03 bits per heavy atom. The number of nitrogens with one attached hydrogen (secondary N) is 1. The van der Waals surface area contributed by atoms with Gasteiger partial charge in [-0.3, -0.25) is 4.90 Å². The molecule has 0 unspecified atom stereocenters. The summed E-state index contributed by atoms with van der Waals surface area (Å²) in [5.41, 5.74) is 2.96. The van der Waals surface area contributed by atoms with Gasteiger partial charge in [-0.05, 0) is 62.7 Å². The molecule has 6 nitrogen and oxygen atoms in total. The number of hydrogen-bond donors (Lipinski definition) is 1. The first-order chi connectivity index (χ1) is 15.5. The Balaban J connectivity index is 1.42. The third kappa shape index (κ3) is 3.86. The van der Waals surface area contributed by atoms with Crippen LogP contribution in [0.3, 0.4) is 0 Å². The fraction of sp³-hybridized carbons (Fsp3) is 0.333. The number of halogens is 2. The van der Waals surface area contributed by atoms with Gasteiger partial charge in [0.1, 0.15) is 17.4 Å². The van der Waals surface area contributed by atoms with Gasteiger partial charge in [-0.2, -0.15) is 0 Å². The lowest BCUT2D eigenvalue weighted by Crippen LogP contribution is -2.33. The molecular formula is C24H24F2N4O2. The van der Waals surface area contributed by atoms with E-state index in [-0.39, 0.29) is 17.6 Å². The number of H-pyrrole nitrogens is 1. The average molecular weight is 438 g/mol. The zero-order valence-electron chi connectivity index (χ0n) is 18.0. The second-order valence-electron chi connectivity index (χ2n) is 8.14. The number of hydrogen-bond acceptors (Lipinski definition) is 5. The van der Waals surface area contributed by atoms with Crippen LogP contribution in [-0.4, -0.2) is 33.5 Å². The summed E-state index contributed by atoms with van der Waals surface area (Å²) in [6.07, 6.45) is 3.15. The molecule has 4 aromatic rings. The molecule has 1 atom stereocenters. The molecule has 5 rings (SSSR count). The molecule has 32 heavy (non-hydrogen) atoms. The maximum Gasteiger partial charge on any atom is 0.226 e. The molecule has 0 saturated carbocycles. The predicted octanol–water partition coefficient (Wildman–Crippen LogP) is 5.54. The molecule has 1 aliphatic heterocycles. The Morgan fingerprint density at radius 1 is 1.16 bits per heavy atom. The number of nitrogens with zero attached hydrogens (tertiary/aromatic N) is 3. The SMILES string of the molecule is COc1cc(-c2nc(CN3CCCC[C@H]3c3nc4ccc(F)cc4[nH]3)c(C)o2)ccc1F. The highest BCUT2D eigenvalue weighted by Crippen LogP contribution is 2.33. The molecular weight excluding hydrogens is 414 g/mol. The summed E-state index contributed by atoms with van der Waals surface area (Å²) in [4.78, 5) is 15.0. The number of fused-ring (bicyclic) bond motifs is 1. The van der Waals surface area contributed by atoms with Gasteiger partial charge in [0, 0.05) is 12.1 Å². The number of rotatable bonds is 5. The number of aryl methyl sites for hydroxylation is 1. The van der Waals surface area contributed by atoms with E-state index in [1.54, 1.807) is 18.2 Å². The number of imidazole rings is 1. The van der Waals surface area contributed by atoms with Gasteiger partial charge < -0.3 is 14.1 Å². The first kappa shape index (κ1) is 20.6. The zero-order valence-corrected chi connectivity index (χ0v) is 18.0. The van der Waals surface area contributed by atoms with Gasteiger partial charge in [-0.1, -0.05) is 6.42 Å². The lowest BCUT2D eigenvalue weighted by molar-refractivity contribution is 0.132. The highest BCUT2D eigenvalue weighted by molar-refractivity contribution is 5.75. The van der Waals surface area contributed by atoms with E-state index in [0.29, 0.717) is 23.5 Å². The summed E-state index contributed by atoms with van der Waals surface area (Å²) in [6.45, 7) is 3.39. The van der Waals surface area contributed by atoms with Crippen LogP contribution in [0, 0.1) is 18.6 Å². The van der Waals surface area contributed by atoms with Gasteiger partial charge in [0.15, 0.2) is 11.6 Å².